The summed E-state index contributed by atoms with van der Waals surface area (Å²) in [6.07, 6.45) is 0.554. The predicted molar refractivity (Wildman–Crippen MR) is 70.5 cm³/mol. The topological polar surface area (TPSA) is 55.5 Å². The van der Waals surface area contributed by atoms with Gasteiger partial charge in [-0.15, -0.1) is 0 Å². The monoisotopic (exact) mass is 257 g/mol. The van der Waals surface area contributed by atoms with Gasteiger partial charge in [-0.05, 0) is 38.5 Å². The Morgan fingerprint density at radius 3 is 2.59 bits per heavy atom. The molecule has 3 nitrogen and oxygen atoms in total. The van der Waals surface area contributed by atoms with Crippen molar-refractivity contribution in [1.29, 1.82) is 0 Å². The number of rotatable bonds is 5. The van der Waals surface area contributed by atoms with E-state index in [-0.39, 0.29) is 6.04 Å². The number of nitrogens with two attached hydrogens (primary N) is 1. The summed E-state index contributed by atoms with van der Waals surface area (Å²) in [5.41, 5.74) is 6.01. The van der Waals surface area contributed by atoms with Gasteiger partial charge in [0.15, 0.2) is 0 Å². The third-order valence-corrected chi connectivity index (χ3v) is 2.75. The molecule has 1 aromatic rings. The zero-order chi connectivity index (χ0) is 13.1. The summed E-state index contributed by atoms with van der Waals surface area (Å²) < 4.78 is 5.51. The van der Waals surface area contributed by atoms with Crippen LogP contribution < -0.4 is 10.5 Å². The number of hydrogen-bond donors (Lipinski definition) is 2. The van der Waals surface area contributed by atoms with Gasteiger partial charge in [-0.1, -0.05) is 17.7 Å². The number of benzene rings is 1. The highest BCUT2D eigenvalue weighted by molar-refractivity contribution is 6.32. The first-order valence-corrected chi connectivity index (χ1v) is 6.07. The average molecular weight is 258 g/mol. The molecule has 0 fully saturated rings. The second kappa shape index (κ2) is 5.71. The highest BCUT2D eigenvalue weighted by atomic mass is 35.5. The Morgan fingerprint density at radius 2 is 2.12 bits per heavy atom. The molecule has 3 N–H and O–H groups in total. The Labute approximate surface area is 108 Å². The van der Waals surface area contributed by atoms with E-state index in [1.165, 1.54) is 0 Å². The fraction of sp³-hybridized carbons (Fsp3) is 0.538. The second-order valence-electron chi connectivity index (χ2n) is 4.89. The zero-order valence-corrected chi connectivity index (χ0v) is 11.3. The maximum atomic E-state index is 9.55. The zero-order valence-electron chi connectivity index (χ0n) is 10.5. The predicted octanol–water partition coefficient (Wildman–Crippen LogP) is 2.90. The summed E-state index contributed by atoms with van der Waals surface area (Å²) in [6.45, 7) is 5.83. The second-order valence-corrected chi connectivity index (χ2v) is 5.30. The molecule has 4 heteroatoms. The molecule has 96 valence electrons. The van der Waals surface area contributed by atoms with Crippen molar-refractivity contribution in [3.05, 3.63) is 28.8 Å². The van der Waals surface area contributed by atoms with Gasteiger partial charge in [-0.25, -0.2) is 0 Å². The molecule has 0 saturated carbocycles. The molecule has 0 aromatic heterocycles. The molecule has 0 saturated heterocycles. The molecule has 0 amide bonds. The van der Waals surface area contributed by atoms with Crippen LogP contribution in [0, 0.1) is 0 Å². The minimum Gasteiger partial charge on any atom is -0.492 e. The van der Waals surface area contributed by atoms with E-state index in [9.17, 15) is 5.11 Å². The summed E-state index contributed by atoms with van der Waals surface area (Å²) in [5, 5.41) is 10.1. The Morgan fingerprint density at radius 1 is 1.47 bits per heavy atom. The first kappa shape index (κ1) is 14.3. The summed E-state index contributed by atoms with van der Waals surface area (Å²) >= 11 is 6.08. The molecule has 0 spiro atoms. The van der Waals surface area contributed by atoms with E-state index in [1.807, 2.05) is 25.1 Å². The normalized spacial score (nSPS) is 13.5. The lowest BCUT2D eigenvalue weighted by Gasteiger charge is -2.17. The lowest BCUT2D eigenvalue weighted by atomic mass is 10.1. The van der Waals surface area contributed by atoms with Crippen molar-refractivity contribution >= 4 is 11.6 Å². The Bertz CT molecular complexity index is 372. The fourth-order valence-electron chi connectivity index (χ4n) is 1.33. The number of aliphatic hydroxyl groups is 1. The van der Waals surface area contributed by atoms with Gasteiger partial charge in [-0.2, -0.15) is 0 Å². The molecule has 1 rings (SSSR count). The molecule has 0 radical (unpaired) electrons. The van der Waals surface area contributed by atoms with Crippen molar-refractivity contribution in [2.75, 3.05) is 6.61 Å². The minimum atomic E-state index is -0.724. The van der Waals surface area contributed by atoms with E-state index in [4.69, 9.17) is 22.1 Å². The minimum absolute atomic E-state index is 0.0436. The van der Waals surface area contributed by atoms with Gasteiger partial charge in [0.1, 0.15) is 5.75 Å². The maximum Gasteiger partial charge on any atom is 0.137 e. The third-order valence-electron chi connectivity index (χ3n) is 2.45. The van der Waals surface area contributed by atoms with Crippen LogP contribution in [-0.4, -0.2) is 17.3 Å². The molecule has 1 atom stereocenters. The fourth-order valence-corrected chi connectivity index (χ4v) is 1.57. The van der Waals surface area contributed by atoms with E-state index in [2.05, 4.69) is 0 Å². The molecule has 1 aromatic carbocycles. The van der Waals surface area contributed by atoms with E-state index in [0.717, 1.165) is 5.56 Å². The van der Waals surface area contributed by atoms with Crippen molar-refractivity contribution in [3.8, 4) is 5.75 Å². The van der Waals surface area contributed by atoms with E-state index >= 15 is 0 Å². The van der Waals surface area contributed by atoms with Crippen molar-refractivity contribution in [3.63, 3.8) is 0 Å². The van der Waals surface area contributed by atoms with Crippen LogP contribution in [0.4, 0.5) is 0 Å². The summed E-state index contributed by atoms with van der Waals surface area (Å²) in [5.74, 6) is 0.625. The van der Waals surface area contributed by atoms with Gasteiger partial charge < -0.3 is 15.6 Å². The largest absolute Gasteiger partial charge is 0.492 e. The van der Waals surface area contributed by atoms with Gasteiger partial charge in [0.25, 0.3) is 0 Å². The molecule has 0 bridgehead atoms. The van der Waals surface area contributed by atoms with Crippen LogP contribution in [0.15, 0.2) is 18.2 Å². The summed E-state index contributed by atoms with van der Waals surface area (Å²) in [6, 6.07) is 5.48. The maximum absolute atomic E-state index is 9.55. The van der Waals surface area contributed by atoms with Crippen LogP contribution in [0.25, 0.3) is 0 Å². The van der Waals surface area contributed by atoms with Crippen LogP contribution in [0.1, 0.15) is 38.8 Å². The Balaban J connectivity index is 2.61. The van der Waals surface area contributed by atoms with Gasteiger partial charge in [0.05, 0.1) is 17.2 Å². The van der Waals surface area contributed by atoms with E-state index < -0.39 is 5.60 Å². The smallest absolute Gasteiger partial charge is 0.137 e. The van der Waals surface area contributed by atoms with Gasteiger partial charge >= 0.3 is 0 Å². The Hall–Kier alpha value is -0.770. The van der Waals surface area contributed by atoms with Gasteiger partial charge in [-0.3, -0.25) is 0 Å². The Kier molecular flexibility index (Phi) is 4.80. The van der Waals surface area contributed by atoms with Crippen LogP contribution in [-0.2, 0) is 0 Å². The SMILES string of the molecule is C[C@H](N)c1ccc(OCCC(C)(C)O)c(Cl)c1. The highest BCUT2D eigenvalue weighted by Crippen LogP contribution is 2.27. The summed E-state index contributed by atoms with van der Waals surface area (Å²) in [4.78, 5) is 0. The molecular weight excluding hydrogens is 238 g/mol. The summed E-state index contributed by atoms with van der Waals surface area (Å²) in [7, 11) is 0. The number of halogens is 1. The van der Waals surface area contributed by atoms with Gasteiger partial charge in [0, 0.05) is 12.5 Å². The van der Waals surface area contributed by atoms with Crippen molar-refractivity contribution in [2.45, 2.75) is 38.8 Å². The number of ether oxygens (including phenoxy) is 1. The standard InChI is InChI=1S/C13H20ClNO2/c1-9(15)10-4-5-12(11(14)8-10)17-7-6-13(2,3)16/h4-5,8-9,16H,6-7,15H2,1-3H3/t9-/m0/s1. The molecule has 0 unspecified atom stereocenters. The van der Waals surface area contributed by atoms with Crippen LogP contribution in [0.3, 0.4) is 0 Å². The van der Waals surface area contributed by atoms with E-state index in [0.29, 0.717) is 23.8 Å². The molecule has 0 aliphatic heterocycles. The van der Waals surface area contributed by atoms with Gasteiger partial charge in [0.2, 0.25) is 0 Å². The molecule has 0 aliphatic carbocycles. The molecule has 0 heterocycles. The lowest BCUT2D eigenvalue weighted by Crippen LogP contribution is -2.21. The van der Waals surface area contributed by atoms with Crippen LogP contribution in [0.5, 0.6) is 5.75 Å². The number of hydrogen-bond acceptors (Lipinski definition) is 3. The van der Waals surface area contributed by atoms with Crippen LogP contribution >= 0.6 is 11.6 Å². The third kappa shape index (κ3) is 4.94. The molecular formula is C13H20ClNO2. The molecule has 17 heavy (non-hydrogen) atoms. The van der Waals surface area contributed by atoms with Crippen LogP contribution in [0.2, 0.25) is 5.02 Å². The average Bonchev–Trinajstić information content (AvgIpc) is 2.18. The van der Waals surface area contributed by atoms with Crippen molar-refractivity contribution in [2.24, 2.45) is 5.73 Å². The van der Waals surface area contributed by atoms with Crippen molar-refractivity contribution < 1.29 is 9.84 Å². The van der Waals surface area contributed by atoms with Crippen molar-refractivity contribution in [1.82, 2.24) is 0 Å². The highest BCUT2D eigenvalue weighted by Gasteiger charge is 2.13. The lowest BCUT2D eigenvalue weighted by molar-refractivity contribution is 0.0553. The molecule has 0 aliphatic rings. The quantitative estimate of drug-likeness (QED) is 0.853. The first-order valence-electron chi connectivity index (χ1n) is 5.70. The van der Waals surface area contributed by atoms with E-state index in [1.54, 1.807) is 13.8 Å². The first-order chi connectivity index (χ1) is 7.79.